The molecule has 2 aromatic carbocycles. The zero-order valence-corrected chi connectivity index (χ0v) is 19.5. The van der Waals surface area contributed by atoms with Gasteiger partial charge in [-0.3, -0.25) is 9.59 Å². The fourth-order valence-electron chi connectivity index (χ4n) is 6.04. The van der Waals surface area contributed by atoms with Gasteiger partial charge in [0.2, 0.25) is 5.91 Å². The van der Waals surface area contributed by atoms with Gasteiger partial charge in [0.25, 0.3) is 5.91 Å². The molecule has 2 aliphatic heterocycles. The third kappa shape index (κ3) is 3.50. The van der Waals surface area contributed by atoms with E-state index in [1.807, 2.05) is 35.2 Å². The van der Waals surface area contributed by atoms with E-state index in [-0.39, 0.29) is 29.8 Å². The third-order valence-corrected chi connectivity index (χ3v) is 8.58. The maximum atomic E-state index is 14.3. The Balaban J connectivity index is 1.45. The molecule has 3 aliphatic rings. The SMILES string of the molecule is O=C(C1c2ccccc2C(=O)N(C2CCCC2)C1c1cccs1)N1CCc2ccccc2C1. The summed E-state index contributed by atoms with van der Waals surface area (Å²) in [6.07, 6.45) is 5.22. The van der Waals surface area contributed by atoms with Crippen LogP contribution in [0.3, 0.4) is 0 Å². The first-order chi connectivity index (χ1) is 16.2. The lowest BCUT2D eigenvalue weighted by Crippen LogP contribution is -2.51. The first kappa shape index (κ1) is 20.7. The molecule has 6 rings (SSSR count). The largest absolute Gasteiger partial charge is 0.337 e. The highest BCUT2D eigenvalue weighted by Crippen LogP contribution is 2.48. The van der Waals surface area contributed by atoms with Gasteiger partial charge in [-0.2, -0.15) is 0 Å². The van der Waals surface area contributed by atoms with Crippen molar-refractivity contribution in [3.05, 3.63) is 93.2 Å². The van der Waals surface area contributed by atoms with Gasteiger partial charge in [-0.25, -0.2) is 0 Å². The van der Waals surface area contributed by atoms with Crippen molar-refractivity contribution in [1.29, 1.82) is 0 Å². The molecular formula is C28H28N2O2S. The van der Waals surface area contributed by atoms with Crippen molar-refractivity contribution in [2.75, 3.05) is 6.54 Å². The van der Waals surface area contributed by atoms with Gasteiger partial charge in [0, 0.05) is 29.6 Å². The molecule has 33 heavy (non-hydrogen) atoms. The Labute approximate surface area is 198 Å². The van der Waals surface area contributed by atoms with E-state index >= 15 is 0 Å². The molecule has 1 saturated carbocycles. The summed E-state index contributed by atoms with van der Waals surface area (Å²) in [7, 11) is 0. The summed E-state index contributed by atoms with van der Waals surface area (Å²) in [4.78, 5) is 33.3. The van der Waals surface area contributed by atoms with Crippen LogP contribution in [0, 0.1) is 0 Å². The van der Waals surface area contributed by atoms with E-state index in [9.17, 15) is 9.59 Å². The smallest absolute Gasteiger partial charge is 0.254 e. The van der Waals surface area contributed by atoms with Crippen molar-refractivity contribution in [1.82, 2.24) is 9.80 Å². The van der Waals surface area contributed by atoms with Crippen LogP contribution in [0.5, 0.6) is 0 Å². The quantitative estimate of drug-likeness (QED) is 0.518. The minimum Gasteiger partial charge on any atom is -0.337 e. The molecule has 1 fully saturated rings. The molecule has 0 N–H and O–H groups in total. The summed E-state index contributed by atoms with van der Waals surface area (Å²) in [6, 6.07) is 20.3. The molecule has 3 heterocycles. The lowest BCUT2D eigenvalue weighted by atomic mass is 9.79. The zero-order valence-electron chi connectivity index (χ0n) is 18.7. The van der Waals surface area contributed by atoms with Crippen LogP contribution in [0.2, 0.25) is 0 Å². The van der Waals surface area contributed by atoms with Crippen LogP contribution in [-0.2, 0) is 17.8 Å². The number of carbonyl (C=O) groups is 2. The monoisotopic (exact) mass is 456 g/mol. The van der Waals surface area contributed by atoms with Crippen molar-refractivity contribution < 1.29 is 9.59 Å². The standard InChI is InChI=1S/C28H28N2O2S/c31-27-23-13-6-5-12-22(23)25(28(32)29-16-15-19-8-1-2-9-20(19)18-29)26(24-14-7-17-33-24)30(27)21-10-3-4-11-21/h1-2,5-9,12-14,17,21,25-26H,3-4,10-11,15-16,18H2. The molecule has 2 unspecified atom stereocenters. The minimum atomic E-state index is -0.372. The first-order valence-electron chi connectivity index (χ1n) is 12.0. The molecule has 5 heteroatoms. The Hall–Kier alpha value is -2.92. The molecule has 1 aliphatic carbocycles. The summed E-state index contributed by atoms with van der Waals surface area (Å²) in [5, 5.41) is 2.06. The highest BCUT2D eigenvalue weighted by atomic mass is 32.1. The zero-order chi connectivity index (χ0) is 22.4. The van der Waals surface area contributed by atoms with E-state index in [4.69, 9.17) is 0 Å². The minimum absolute atomic E-state index is 0.0870. The maximum absolute atomic E-state index is 14.3. The Morgan fingerprint density at radius 1 is 0.909 bits per heavy atom. The van der Waals surface area contributed by atoms with Gasteiger partial charge < -0.3 is 9.80 Å². The molecule has 168 valence electrons. The normalized spacial score (nSPS) is 22.8. The number of thiophene rings is 1. The van der Waals surface area contributed by atoms with Crippen LogP contribution in [0.1, 0.15) is 69.6 Å². The average molecular weight is 457 g/mol. The summed E-state index contributed by atoms with van der Waals surface area (Å²) >= 11 is 1.66. The lowest BCUT2D eigenvalue weighted by Gasteiger charge is -2.45. The molecule has 0 spiro atoms. The van der Waals surface area contributed by atoms with Gasteiger partial charge in [-0.1, -0.05) is 61.4 Å². The number of rotatable bonds is 3. The lowest BCUT2D eigenvalue weighted by molar-refractivity contribution is -0.135. The van der Waals surface area contributed by atoms with Crippen LogP contribution in [0.15, 0.2) is 66.0 Å². The van der Waals surface area contributed by atoms with Gasteiger partial charge in [-0.05, 0) is 53.5 Å². The van der Waals surface area contributed by atoms with E-state index in [0.29, 0.717) is 12.1 Å². The second kappa shape index (κ2) is 8.45. The molecule has 0 saturated heterocycles. The summed E-state index contributed by atoms with van der Waals surface area (Å²) in [6.45, 7) is 1.37. The first-order valence-corrected chi connectivity index (χ1v) is 12.9. The molecule has 0 radical (unpaired) electrons. The van der Waals surface area contributed by atoms with Gasteiger partial charge in [0.15, 0.2) is 0 Å². The van der Waals surface area contributed by atoms with Crippen LogP contribution >= 0.6 is 11.3 Å². The second-order valence-corrected chi connectivity index (χ2v) is 10.4. The number of hydrogen-bond acceptors (Lipinski definition) is 3. The van der Waals surface area contributed by atoms with E-state index in [2.05, 4.69) is 40.6 Å². The fraction of sp³-hybridized carbons (Fsp3) is 0.357. The van der Waals surface area contributed by atoms with Crippen molar-refractivity contribution >= 4 is 23.2 Å². The van der Waals surface area contributed by atoms with Crippen LogP contribution in [0.4, 0.5) is 0 Å². The summed E-state index contributed by atoms with van der Waals surface area (Å²) in [5.74, 6) is -0.141. The van der Waals surface area contributed by atoms with Crippen molar-refractivity contribution in [2.24, 2.45) is 0 Å². The van der Waals surface area contributed by atoms with Crippen LogP contribution in [0.25, 0.3) is 0 Å². The molecular weight excluding hydrogens is 428 g/mol. The van der Waals surface area contributed by atoms with E-state index < -0.39 is 0 Å². The number of amides is 2. The summed E-state index contributed by atoms with van der Waals surface area (Å²) < 4.78 is 0. The van der Waals surface area contributed by atoms with Gasteiger partial charge in [0.05, 0.1) is 12.0 Å². The molecule has 3 aromatic rings. The molecule has 4 nitrogen and oxygen atoms in total. The number of nitrogens with zero attached hydrogens (tertiary/aromatic N) is 2. The predicted molar refractivity (Wildman–Crippen MR) is 130 cm³/mol. The number of benzene rings is 2. The van der Waals surface area contributed by atoms with E-state index in [1.165, 1.54) is 11.1 Å². The Morgan fingerprint density at radius 2 is 1.67 bits per heavy atom. The second-order valence-electron chi connectivity index (χ2n) is 9.45. The van der Waals surface area contributed by atoms with Crippen molar-refractivity contribution in [3.63, 3.8) is 0 Å². The Kier molecular flexibility index (Phi) is 5.30. The third-order valence-electron chi connectivity index (χ3n) is 7.64. The summed E-state index contributed by atoms with van der Waals surface area (Å²) in [5.41, 5.74) is 4.16. The fourth-order valence-corrected chi connectivity index (χ4v) is 6.90. The molecule has 2 amide bonds. The number of fused-ring (bicyclic) bond motifs is 2. The van der Waals surface area contributed by atoms with E-state index in [1.54, 1.807) is 11.3 Å². The highest BCUT2D eigenvalue weighted by Gasteiger charge is 2.48. The molecule has 1 aromatic heterocycles. The van der Waals surface area contributed by atoms with E-state index in [0.717, 1.165) is 49.1 Å². The molecule has 2 atom stereocenters. The van der Waals surface area contributed by atoms with Crippen molar-refractivity contribution in [3.8, 4) is 0 Å². The molecule has 0 bridgehead atoms. The van der Waals surface area contributed by atoms with Crippen molar-refractivity contribution in [2.45, 2.75) is 56.7 Å². The topological polar surface area (TPSA) is 40.6 Å². The Morgan fingerprint density at radius 3 is 2.45 bits per heavy atom. The van der Waals surface area contributed by atoms with Gasteiger partial charge in [0.1, 0.15) is 0 Å². The number of carbonyl (C=O) groups excluding carboxylic acids is 2. The van der Waals surface area contributed by atoms with Crippen LogP contribution < -0.4 is 0 Å². The van der Waals surface area contributed by atoms with Gasteiger partial charge >= 0.3 is 0 Å². The number of hydrogen-bond donors (Lipinski definition) is 0. The highest BCUT2D eigenvalue weighted by molar-refractivity contribution is 7.10. The predicted octanol–water partition coefficient (Wildman–Crippen LogP) is 5.56. The average Bonchev–Trinajstić information content (AvgIpc) is 3.58. The Bertz CT molecular complexity index is 1180. The van der Waals surface area contributed by atoms with Gasteiger partial charge in [-0.15, -0.1) is 11.3 Å². The van der Waals surface area contributed by atoms with Crippen LogP contribution in [-0.4, -0.2) is 34.2 Å². The maximum Gasteiger partial charge on any atom is 0.254 e.